The lowest BCUT2D eigenvalue weighted by molar-refractivity contribution is 0.379. The van der Waals surface area contributed by atoms with Gasteiger partial charge in [-0.25, -0.2) is 9.67 Å². The molecule has 34 heavy (non-hydrogen) atoms. The number of halogens is 1. The first-order chi connectivity index (χ1) is 15.7. The molecule has 0 aliphatic rings. The van der Waals surface area contributed by atoms with E-state index in [-0.39, 0.29) is 29.4 Å². The Bertz CT molecular complexity index is 1150. The fraction of sp³-hybridized carbons (Fsp3) is 0.417. The first kappa shape index (κ1) is 27.2. The maximum absolute atomic E-state index is 9.57. The van der Waals surface area contributed by atoms with Crippen LogP contribution in [0.5, 0.6) is 0 Å². The van der Waals surface area contributed by atoms with E-state index in [4.69, 9.17) is 10.2 Å². The molecule has 0 unspecified atom stereocenters. The highest BCUT2D eigenvalue weighted by Crippen LogP contribution is 2.23. The minimum Gasteiger partial charge on any atom is -0.443 e. The van der Waals surface area contributed by atoms with Gasteiger partial charge in [-0.15, -0.1) is 24.0 Å². The number of oxazole rings is 1. The average molecular weight is 576 g/mol. The highest BCUT2D eigenvalue weighted by molar-refractivity contribution is 14.0. The molecule has 2 aromatic heterocycles. The van der Waals surface area contributed by atoms with E-state index in [1.165, 1.54) is 0 Å². The second-order valence-electron chi connectivity index (χ2n) is 8.89. The molecule has 10 heteroatoms. The molecule has 0 saturated heterocycles. The number of nitrogens with one attached hydrogen (secondary N) is 2. The fourth-order valence-corrected chi connectivity index (χ4v) is 3.24. The monoisotopic (exact) mass is 576 g/mol. The summed E-state index contributed by atoms with van der Waals surface area (Å²) in [5, 5.41) is 20.6. The van der Waals surface area contributed by atoms with Gasteiger partial charge >= 0.3 is 0 Å². The zero-order valence-electron chi connectivity index (χ0n) is 20.3. The summed E-state index contributed by atoms with van der Waals surface area (Å²) < 4.78 is 7.43. The maximum atomic E-state index is 9.57. The first-order valence-electron chi connectivity index (χ1n) is 11.0. The zero-order chi connectivity index (χ0) is 24.0. The van der Waals surface area contributed by atoms with Crippen molar-refractivity contribution in [2.24, 2.45) is 4.99 Å². The maximum Gasteiger partial charge on any atom is 0.213 e. The number of nitrogens with two attached hydrogens (primary N) is 1. The number of rotatable bonds is 7. The van der Waals surface area contributed by atoms with Gasteiger partial charge < -0.3 is 20.8 Å². The average Bonchev–Trinajstić information content (AvgIpc) is 3.38. The molecule has 0 amide bonds. The zero-order valence-corrected chi connectivity index (χ0v) is 22.7. The third kappa shape index (κ3) is 6.72. The van der Waals surface area contributed by atoms with Crippen LogP contribution in [0.1, 0.15) is 55.7 Å². The number of nitrogen functional groups attached to an aromatic ring is 1. The number of nitrogens with zero attached hydrogens (tertiary/aromatic N) is 5. The molecular weight excluding hydrogens is 543 g/mol. The number of aromatic nitrogens is 3. The second kappa shape index (κ2) is 11.9. The quantitative estimate of drug-likeness (QED) is 0.169. The van der Waals surface area contributed by atoms with Crippen molar-refractivity contribution in [3.05, 3.63) is 58.9 Å². The minimum atomic E-state index is -0.0801. The molecule has 0 radical (unpaired) electrons. The lowest BCUT2D eigenvalue weighted by Crippen LogP contribution is -2.37. The molecule has 0 bridgehead atoms. The number of nitriles is 1. The molecule has 0 fully saturated rings. The van der Waals surface area contributed by atoms with Gasteiger partial charge in [0.2, 0.25) is 5.89 Å². The summed E-state index contributed by atoms with van der Waals surface area (Å²) in [6.07, 6.45) is 3.14. The van der Waals surface area contributed by atoms with E-state index in [1.54, 1.807) is 17.9 Å². The summed E-state index contributed by atoms with van der Waals surface area (Å²) in [7, 11) is 1.71. The number of aliphatic imine (C=N–C) groups is 1. The lowest BCUT2D eigenvalue weighted by Gasteiger charge is -2.13. The number of aryl methyl sites for hydroxylation is 2. The molecule has 4 N–H and O–H groups in total. The molecule has 3 rings (SSSR count). The molecule has 0 spiro atoms. The molecule has 182 valence electrons. The van der Waals surface area contributed by atoms with Gasteiger partial charge in [-0.2, -0.15) is 10.4 Å². The largest absolute Gasteiger partial charge is 0.443 e. The molecular formula is C24H33IN8O. The molecule has 0 saturated carbocycles. The Hall–Kier alpha value is -3.07. The fourth-order valence-electron chi connectivity index (χ4n) is 3.24. The van der Waals surface area contributed by atoms with Crippen molar-refractivity contribution >= 4 is 35.8 Å². The van der Waals surface area contributed by atoms with Gasteiger partial charge in [0.1, 0.15) is 23.2 Å². The van der Waals surface area contributed by atoms with Crippen LogP contribution in [0.4, 0.5) is 5.82 Å². The molecule has 3 aromatic rings. The van der Waals surface area contributed by atoms with Crippen molar-refractivity contribution < 1.29 is 4.42 Å². The molecule has 9 nitrogen and oxygen atoms in total. The lowest BCUT2D eigenvalue weighted by atomic mass is 9.94. The van der Waals surface area contributed by atoms with Crippen LogP contribution >= 0.6 is 24.0 Å². The van der Waals surface area contributed by atoms with Crippen LogP contribution in [0.3, 0.4) is 0 Å². The summed E-state index contributed by atoms with van der Waals surface area (Å²) in [5.74, 6) is 2.47. The van der Waals surface area contributed by atoms with Crippen LogP contribution < -0.4 is 16.4 Å². The van der Waals surface area contributed by atoms with E-state index >= 15 is 0 Å². The van der Waals surface area contributed by atoms with E-state index in [2.05, 4.69) is 52.5 Å². The summed E-state index contributed by atoms with van der Waals surface area (Å²) in [4.78, 5) is 8.55. The predicted octanol–water partition coefficient (Wildman–Crippen LogP) is 3.84. The van der Waals surface area contributed by atoms with Crippen LogP contribution in [0.15, 0.2) is 39.9 Å². The Morgan fingerprint density at radius 1 is 1.24 bits per heavy atom. The van der Waals surface area contributed by atoms with E-state index < -0.39 is 0 Å². The Labute approximate surface area is 217 Å². The highest BCUT2D eigenvalue weighted by atomic mass is 127. The van der Waals surface area contributed by atoms with Crippen molar-refractivity contribution in [1.82, 2.24) is 25.4 Å². The number of hydrogen-bond donors (Lipinski definition) is 3. The van der Waals surface area contributed by atoms with Crippen molar-refractivity contribution in [2.75, 3.05) is 19.3 Å². The number of hydrogen-bond acceptors (Lipinski definition) is 6. The van der Waals surface area contributed by atoms with Crippen LogP contribution in [0.25, 0.3) is 5.69 Å². The number of guanidine groups is 1. The first-order valence-corrected chi connectivity index (χ1v) is 11.0. The van der Waals surface area contributed by atoms with Gasteiger partial charge in [-0.05, 0) is 31.9 Å². The summed E-state index contributed by atoms with van der Waals surface area (Å²) in [6.45, 7) is 9.36. The Morgan fingerprint density at radius 3 is 2.53 bits per heavy atom. The van der Waals surface area contributed by atoms with Gasteiger partial charge in [0.05, 0.1) is 24.1 Å². The van der Waals surface area contributed by atoms with Gasteiger partial charge in [-0.3, -0.25) is 4.99 Å². The number of anilines is 1. The van der Waals surface area contributed by atoms with Crippen molar-refractivity contribution in [3.63, 3.8) is 0 Å². The Kier molecular flexibility index (Phi) is 9.49. The van der Waals surface area contributed by atoms with Gasteiger partial charge in [0.15, 0.2) is 5.96 Å². The molecule has 0 atom stereocenters. The van der Waals surface area contributed by atoms with Crippen molar-refractivity contribution in [2.45, 2.75) is 52.5 Å². The minimum absolute atomic E-state index is 0. The van der Waals surface area contributed by atoms with Crippen molar-refractivity contribution in [3.8, 4) is 11.8 Å². The van der Waals surface area contributed by atoms with Gasteiger partial charge in [0, 0.05) is 19.0 Å². The summed E-state index contributed by atoms with van der Waals surface area (Å²) in [5.41, 5.74) is 9.22. The van der Waals surface area contributed by atoms with Crippen LogP contribution in [0, 0.1) is 18.3 Å². The van der Waals surface area contributed by atoms with Crippen LogP contribution in [0.2, 0.25) is 0 Å². The molecule has 1 aromatic carbocycles. The van der Waals surface area contributed by atoms with E-state index in [1.807, 2.05) is 31.2 Å². The molecule has 2 heterocycles. The normalized spacial score (nSPS) is 11.6. The summed E-state index contributed by atoms with van der Waals surface area (Å²) >= 11 is 0. The smallest absolute Gasteiger partial charge is 0.213 e. The van der Waals surface area contributed by atoms with Gasteiger partial charge in [-0.1, -0.05) is 38.5 Å². The standard InChI is InChI=1S/C24H32N8O.HI/c1-16-8-10-17(11-9-16)32-22(26)18(13-25)19(31-32)7-6-12-28-23(27-5)30-15-21-29-14-20(33-21)24(2,3)4;/h8-11,14H,6-7,12,15,26H2,1-5H3,(H2,27,28,30);1H. The Balaban J connectivity index is 0.00000408. The van der Waals surface area contributed by atoms with E-state index in [0.717, 1.165) is 23.4 Å². The van der Waals surface area contributed by atoms with Crippen LogP contribution in [-0.2, 0) is 18.4 Å². The van der Waals surface area contributed by atoms with Crippen molar-refractivity contribution in [1.29, 1.82) is 5.26 Å². The second-order valence-corrected chi connectivity index (χ2v) is 8.89. The van der Waals surface area contributed by atoms with Crippen LogP contribution in [-0.4, -0.2) is 34.3 Å². The van der Waals surface area contributed by atoms with E-state index in [0.29, 0.717) is 48.4 Å². The molecule has 0 aliphatic heterocycles. The topological polar surface area (TPSA) is 130 Å². The Morgan fingerprint density at radius 2 is 1.94 bits per heavy atom. The predicted molar refractivity (Wildman–Crippen MR) is 145 cm³/mol. The SMILES string of the molecule is CN=C(NCCCc1nn(-c2ccc(C)cc2)c(N)c1C#N)NCc1ncc(C(C)(C)C)o1.I. The number of benzene rings is 1. The third-order valence-corrected chi connectivity index (χ3v) is 5.19. The third-order valence-electron chi connectivity index (χ3n) is 5.19. The molecule has 0 aliphatic carbocycles. The highest BCUT2D eigenvalue weighted by Gasteiger charge is 2.19. The van der Waals surface area contributed by atoms with Gasteiger partial charge in [0.25, 0.3) is 0 Å². The van der Waals surface area contributed by atoms with E-state index in [9.17, 15) is 5.26 Å². The summed E-state index contributed by atoms with van der Waals surface area (Å²) in [6, 6.07) is 10.1.